The predicted molar refractivity (Wildman–Crippen MR) is 86.8 cm³/mol. The van der Waals surface area contributed by atoms with Crippen molar-refractivity contribution in [1.29, 1.82) is 0 Å². The number of nitrogens with zero attached hydrogens (tertiary/aromatic N) is 2. The van der Waals surface area contributed by atoms with E-state index in [0.29, 0.717) is 24.0 Å². The Labute approximate surface area is 131 Å². The van der Waals surface area contributed by atoms with E-state index in [4.69, 9.17) is 0 Å². The van der Waals surface area contributed by atoms with E-state index in [1.54, 1.807) is 23.5 Å². The highest BCUT2D eigenvalue weighted by atomic mass is 32.1. The van der Waals surface area contributed by atoms with Gasteiger partial charge >= 0.3 is 0 Å². The quantitative estimate of drug-likeness (QED) is 0.785. The van der Waals surface area contributed by atoms with Crippen LogP contribution in [0.5, 0.6) is 0 Å². The molecule has 3 rings (SSSR count). The van der Waals surface area contributed by atoms with Crippen LogP contribution in [0.1, 0.15) is 11.3 Å². The second kappa shape index (κ2) is 6.53. The van der Waals surface area contributed by atoms with Crippen molar-refractivity contribution in [2.24, 2.45) is 0 Å². The second-order valence-electron chi connectivity index (χ2n) is 4.87. The monoisotopic (exact) mass is 313 g/mol. The van der Waals surface area contributed by atoms with E-state index in [-0.39, 0.29) is 17.9 Å². The number of amides is 1. The fourth-order valence-corrected chi connectivity index (χ4v) is 2.82. The molecule has 0 aliphatic carbocycles. The van der Waals surface area contributed by atoms with E-state index in [0.717, 1.165) is 4.88 Å². The summed E-state index contributed by atoms with van der Waals surface area (Å²) in [7, 11) is 0. The Bertz CT molecular complexity index is 840. The smallest absolute Gasteiger partial charge is 0.261 e. The number of hydrogen-bond acceptors (Lipinski definition) is 4. The second-order valence-corrected chi connectivity index (χ2v) is 5.90. The minimum Gasteiger partial charge on any atom is -0.351 e. The predicted octanol–water partition coefficient (Wildman–Crippen LogP) is 2.16. The lowest BCUT2D eigenvalue weighted by Crippen LogP contribution is -2.27. The van der Waals surface area contributed by atoms with E-state index in [9.17, 15) is 9.59 Å². The number of thiophene rings is 1. The minimum atomic E-state index is -0.114. The van der Waals surface area contributed by atoms with Crippen LogP contribution in [0.3, 0.4) is 0 Å². The first-order valence-corrected chi connectivity index (χ1v) is 7.85. The van der Waals surface area contributed by atoms with Crippen LogP contribution in [0.4, 0.5) is 0 Å². The number of fused-ring (bicyclic) bond motifs is 1. The van der Waals surface area contributed by atoms with Gasteiger partial charge in [0.05, 0.1) is 23.8 Å². The molecule has 0 fully saturated rings. The van der Waals surface area contributed by atoms with Crippen molar-refractivity contribution in [2.45, 2.75) is 19.5 Å². The summed E-state index contributed by atoms with van der Waals surface area (Å²) in [6, 6.07) is 11.1. The first-order valence-electron chi connectivity index (χ1n) is 6.97. The summed E-state index contributed by atoms with van der Waals surface area (Å²) >= 11 is 1.60. The molecule has 0 aliphatic heterocycles. The van der Waals surface area contributed by atoms with Gasteiger partial charge in [-0.25, -0.2) is 4.98 Å². The summed E-state index contributed by atoms with van der Waals surface area (Å²) in [6.45, 7) is 0.855. The van der Waals surface area contributed by atoms with E-state index >= 15 is 0 Å². The van der Waals surface area contributed by atoms with Crippen LogP contribution in [0.25, 0.3) is 10.9 Å². The van der Waals surface area contributed by atoms with Gasteiger partial charge in [0.15, 0.2) is 0 Å². The van der Waals surface area contributed by atoms with Crippen molar-refractivity contribution in [3.8, 4) is 0 Å². The standard InChI is InChI=1S/C16H15N3O2S/c20-15(17-10-12-4-3-9-22-12)7-8-19-11-18-14-6-2-1-5-13(14)16(19)21/h1-6,9,11H,7-8,10H2,(H,17,20). The number of nitrogens with one attached hydrogen (secondary N) is 1. The molecule has 0 aliphatic rings. The van der Waals surface area contributed by atoms with Gasteiger partial charge in [-0.2, -0.15) is 0 Å². The average Bonchev–Trinajstić information content (AvgIpc) is 3.06. The van der Waals surface area contributed by atoms with Crippen LogP contribution in [0, 0.1) is 0 Å². The first-order chi connectivity index (χ1) is 10.7. The number of aromatic nitrogens is 2. The molecule has 2 aromatic heterocycles. The molecule has 1 aromatic carbocycles. The maximum Gasteiger partial charge on any atom is 0.261 e. The van der Waals surface area contributed by atoms with Crippen molar-refractivity contribution in [1.82, 2.24) is 14.9 Å². The van der Waals surface area contributed by atoms with E-state index < -0.39 is 0 Å². The maximum absolute atomic E-state index is 12.3. The number of carbonyl (C=O) groups is 1. The Kier molecular flexibility index (Phi) is 4.29. The van der Waals surface area contributed by atoms with Gasteiger partial charge in [-0.05, 0) is 23.6 Å². The van der Waals surface area contributed by atoms with Crippen LogP contribution in [-0.2, 0) is 17.9 Å². The highest BCUT2D eigenvalue weighted by molar-refractivity contribution is 7.09. The van der Waals surface area contributed by atoms with Gasteiger partial charge in [-0.3, -0.25) is 14.2 Å². The molecule has 112 valence electrons. The largest absolute Gasteiger partial charge is 0.351 e. The third kappa shape index (κ3) is 3.23. The van der Waals surface area contributed by atoms with E-state index in [1.807, 2.05) is 29.6 Å². The molecule has 0 radical (unpaired) electrons. The van der Waals surface area contributed by atoms with Crippen molar-refractivity contribution in [2.75, 3.05) is 0 Å². The molecule has 0 saturated carbocycles. The van der Waals surface area contributed by atoms with Crippen LogP contribution in [0.2, 0.25) is 0 Å². The molecular weight excluding hydrogens is 298 g/mol. The lowest BCUT2D eigenvalue weighted by molar-refractivity contribution is -0.121. The van der Waals surface area contributed by atoms with Gasteiger partial charge in [0, 0.05) is 17.8 Å². The molecule has 0 unspecified atom stereocenters. The minimum absolute atomic E-state index is 0.0755. The fraction of sp³-hybridized carbons (Fsp3) is 0.188. The Balaban J connectivity index is 1.62. The van der Waals surface area contributed by atoms with Gasteiger partial charge in [-0.1, -0.05) is 18.2 Å². The van der Waals surface area contributed by atoms with Crippen LogP contribution < -0.4 is 10.9 Å². The molecule has 22 heavy (non-hydrogen) atoms. The third-order valence-electron chi connectivity index (χ3n) is 3.35. The number of hydrogen-bond donors (Lipinski definition) is 1. The number of rotatable bonds is 5. The Hall–Kier alpha value is -2.47. The van der Waals surface area contributed by atoms with E-state index in [2.05, 4.69) is 10.3 Å². The molecule has 1 N–H and O–H groups in total. The lowest BCUT2D eigenvalue weighted by atomic mass is 10.2. The van der Waals surface area contributed by atoms with Gasteiger partial charge in [0.1, 0.15) is 0 Å². The lowest BCUT2D eigenvalue weighted by Gasteiger charge is -2.07. The molecule has 5 nitrogen and oxygen atoms in total. The maximum atomic E-state index is 12.3. The summed E-state index contributed by atoms with van der Waals surface area (Å²) < 4.78 is 1.48. The summed E-state index contributed by atoms with van der Waals surface area (Å²) in [4.78, 5) is 29.5. The Morgan fingerprint density at radius 2 is 2.09 bits per heavy atom. The highest BCUT2D eigenvalue weighted by Gasteiger charge is 2.06. The van der Waals surface area contributed by atoms with Crippen LogP contribution >= 0.6 is 11.3 Å². The SMILES string of the molecule is O=C(CCn1cnc2ccccc2c1=O)NCc1cccs1. The van der Waals surface area contributed by atoms with Gasteiger partial charge in [0.25, 0.3) is 5.56 Å². The summed E-state index contributed by atoms with van der Waals surface area (Å²) in [5, 5.41) is 5.39. The molecule has 1 amide bonds. The van der Waals surface area contributed by atoms with Gasteiger partial charge < -0.3 is 5.32 Å². The summed E-state index contributed by atoms with van der Waals surface area (Å²) in [6.07, 6.45) is 1.75. The molecule has 0 saturated heterocycles. The zero-order valence-corrected chi connectivity index (χ0v) is 12.7. The van der Waals surface area contributed by atoms with Crippen molar-refractivity contribution in [3.63, 3.8) is 0 Å². The normalized spacial score (nSPS) is 10.7. The Morgan fingerprint density at radius 3 is 2.91 bits per heavy atom. The molecule has 2 heterocycles. The summed E-state index contributed by atoms with van der Waals surface area (Å²) in [5.74, 6) is -0.0755. The molecule has 0 spiro atoms. The first kappa shape index (κ1) is 14.5. The number of aryl methyl sites for hydroxylation is 1. The third-order valence-corrected chi connectivity index (χ3v) is 4.23. The van der Waals surface area contributed by atoms with E-state index in [1.165, 1.54) is 10.9 Å². The molecule has 0 atom stereocenters. The number of para-hydroxylation sites is 1. The van der Waals surface area contributed by atoms with Gasteiger partial charge in [-0.15, -0.1) is 11.3 Å². The number of benzene rings is 1. The van der Waals surface area contributed by atoms with Crippen molar-refractivity contribution >= 4 is 28.1 Å². The molecule has 3 aromatic rings. The van der Waals surface area contributed by atoms with Crippen LogP contribution in [-0.4, -0.2) is 15.5 Å². The topological polar surface area (TPSA) is 64.0 Å². The zero-order valence-electron chi connectivity index (χ0n) is 11.9. The van der Waals surface area contributed by atoms with Gasteiger partial charge in [0.2, 0.25) is 5.91 Å². The van der Waals surface area contributed by atoms with Crippen LogP contribution in [0.15, 0.2) is 52.9 Å². The fourth-order valence-electron chi connectivity index (χ4n) is 2.17. The molecule has 0 bridgehead atoms. The van der Waals surface area contributed by atoms with Crippen molar-refractivity contribution < 1.29 is 4.79 Å². The Morgan fingerprint density at radius 1 is 1.23 bits per heavy atom. The average molecular weight is 313 g/mol. The van der Waals surface area contributed by atoms with Crippen molar-refractivity contribution in [3.05, 3.63) is 63.3 Å². The molecular formula is C16H15N3O2S. The zero-order chi connectivity index (χ0) is 15.4. The highest BCUT2D eigenvalue weighted by Crippen LogP contribution is 2.07. The summed E-state index contributed by atoms with van der Waals surface area (Å²) in [5.41, 5.74) is 0.558. The number of carbonyl (C=O) groups excluding carboxylic acids is 1. The molecule has 6 heteroatoms.